The number of ether oxygens (including phenoxy) is 1. The first-order valence-corrected chi connectivity index (χ1v) is 10.2. The molecule has 3 rings (SSSR count). The molecule has 136 valence electrons. The summed E-state index contributed by atoms with van der Waals surface area (Å²) in [6.07, 6.45) is 2.35. The number of aryl methyl sites for hydroxylation is 1. The standard InChI is InChI=1S/C17H22Cl2N4OS/c1-13-20-17(21-23(13)14-4-5-15(18)16(19)12-14)25-11-3-2-6-22-7-9-24-10-8-22/h4-5,12H,2-3,6-11H2,1H3. The first-order chi connectivity index (χ1) is 12.1. The van der Waals surface area contributed by atoms with Crippen LogP contribution in [0.1, 0.15) is 18.7 Å². The van der Waals surface area contributed by atoms with Crippen LogP contribution in [-0.4, -0.2) is 58.3 Å². The van der Waals surface area contributed by atoms with Gasteiger partial charge in [0, 0.05) is 18.8 Å². The Bertz CT molecular complexity index is 704. The van der Waals surface area contributed by atoms with Gasteiger partial charge in [-0.15, -0.1) is 5.10 Å². The zero-order valence-electron chi connectivity index (χ0n) is 14.3. The lowest BCUT2D eigenvalue weighted by Crippen LogP contribution is -2.36. The topological polar surface area (TPSA) is 43.2 Å². The summed E-state index contributed by atoms with van der Waals surface area (Å²) in [7, 11) is 0. The number of thioether (sulfide) groups is 1. The summed E-state index contributed by atoms with van der Waals surface area (Å²) in [5.74, 6) is 1.86. The minimum Gasteiger partial charge on any atom is -0.379 e. The third-order valence-corrected chi connectivity index (χ3v) is 5.76. The van der Waals surface area contributed by atoms with E-state index in [1.807, 2.05) is 19.1 Å². The molecule has 0 radical (unpaired) electrons. The van der Waals surface area contributed by atoms with Gasteiger partial charge in [0.05, 0.1) is 28.9 Å². The second-order valence-electron chi connectivity index (χ2n) is 5.96. The first kappa shape index (κ1) is 19.0. The normalized spacial score (nSPS) is 15.6. The van der Waals surface area contributed by atoms with Crippen LogP contribution in [0.15, 0.2) is 23.4 Å². The number of rotatable bonds is 7. The van der Waals surface area contributed by atoms with Crippen LogP contribution in [0.2, 0.25) is 10.0 Å². The SMILES string of the molecule is Cc1nc(SCCCCN2CCOCC2)nn1-c1ccc(Cl)c(Cl)c1. The second-order valence-corrected chi connectivity index (χ2v) is 7.84. The molecule has 0 bridgehead atoms. The molecule has 5 nitrogen and oxygen atoms in total. The third-order valence-electron chi connectivity index (χ3n) is 4.10. The Hall–Kier alpha value is -0.790. The zero-order valence-corrected chi connectivity index (χ0v) is 16.6. The second kappa shape index (κ2) is 9.24. The summed E-state index contributed by atoms with van der Waals surface area (Å²) >= 11 is 13.8. The van der Waals surface area contributed by atoms with Crippen LogP contribution in [0, 0.1) is 6.92 Å². The molecule has 0 spiro atoms. The van der Waals surface area contributed by atoms with Gasteiger partial charge < -0.3 is 4.74 Å². The predicted molar refractivity (Wildman–Crippen MR) is 103 cm³/mol. The summed E-state index contributed by atoms with van der Waals surface area (Å²) in [4.78, 5) is 7.01. The van der Waals surface area contributed by atoms with Crippen molar-refractivity contribution in [2.24, 2.45) is 0 Å². The van der Waals surface area contributed by atoms with Crippen molar-refractivity contribution in [3.05, 3.63) is 34.1 Å². The van der Waals surface area contributed by atoms with Crippen LogP contribution >= 0.6 is 35.0 Å². The first-order valence-electron chi connectivity index (χ1n) is 8.45. The van der Waals surface area contributed by atoms with Gasteiger partial charge in [-0.2, -0.15) is 0 Å². The van der Waals surface area contributed by atoms with Gasteiger partial charge in [0.15, 0.2) is 0 Å². The molecule has 1 aromatic heterocycles. The van der Waals surface area contributed by atoms with E-state index in [1.54, 1.807) is 22.5 Å². The van der Waals surface area contributed by atoms with Crippen LogP contribution < -0.4 is 0 Å². The largest absolute Gasteiger partial charge is 0.379 e. The van der Waals surface area contributed by atoms with Gasteiger partial charge >= 0.3 is 0 Å². The summed E-state index contributed by atoms with van der Waals surface area (Å²) in [6, 6.07) is 5.48. The molecular formula is C17H22Cl2N4OS. The molecule has 2 heterocycles. The van der Waals surface area contributed by atoms with Gasteiger partial charge in [0.2, 0.25) is 5.16 Å². The van der Waals surface area contributed by atoms with Crippen molar-refractivity contribution in [1.82, 2.24) is 19.7 Å². The number of benzene rings is 1. The fourth-order valence-electron chi connectivity index (χ4n) is 2.71. The van der Waals surface area contributed by atoms with Crippen molar-refractivity contribution in [2.45, 2.75) is 24.9 Å². The molecule has 25 heavy (non-hydrogen) atoms. The minimum absolute atomic E-state index is 0.520. The molecular weight excluding hydrogens is 379 g/mol. The molecule has 2 aromatic rings. The molecule has 1 fully saturated rings. The van der Waals surface area contributed by atoms with E-state index in [9.17, 15) is 0 Å². The predicted octanol–water partition coefficient (Wildman–Crippen LogP) is 4.09. The number of aromatic nitrogens is 3. The van der Waals surface area contributed by atoms with E-state index >= 15 is 0 Å². The minimum atomic E-state index is 0.520. The fraction of sp³-hybridized carbons (Fsp3) is 0.529. The molecule has 0 amide bonds. The molecule has 0 unspecified atom stereocenters. The van der Waals surface area contributed by atoms with Crippen LogP contribution in [-0.2, 0) is 4.74 Å². The van der Waals surface area contributed by atoms with Crippen molar-refractivity contribution in [2.75, 3.05) is 38.6 Å². The van der Waals surface area contributed by atoms with E-state index in [1.165, 1.54) is 6.42 Å². The molecule has 1 saturated heterocycles. The Morgan fingerprint density at radius 3 is 2.72 bits per heavy atom. The summed E-state index contributed by atoms with van der Waals surface area (Å²) in [5.41, 5.74) is 0.874. The van der Waals surface area contributed by atoms with E-state index in [2.05, 4.69) is 15.0 Å². The number of morpholine rings is 1. The van der Waals surface area contributed by atoms with Gasteiger partial charge in [0.25, 0.3) is 0 Å². The van der Waals surface area contributed by atoms with Crippen molar-refractivity contribution in [3.63, 3.8) is 0 Å². The lowest BCUT2D eigenvalue weighted by atomic mass is 10.3. The van der Waals surface area contributed by atoms with Gasteiger partial charge in [-0.3, -0.25) is 4.90 Å². The van der Waals surface area contributed by atoms with Crippen LogP contribution in [0.4, 0.5) is 0 Å². The monoisotopic (exact) mass is 400 g/mol. The van der Waals surface area contributed by atoms with Gasteiger partial charge in [-0.25, -0.2) is 9.67 Å². The van der Waals surface area contributed by atoms with Gasteiger partial charge in [-0.05, 0) is 44.5 Å². The van der Waals surface area contributed by atoms with Crippen molar-refractivity contribution in [3.8, 4) is 5.69 Å². The van der Waals surface area contributed by atoms with E-state index in [-0.39, 0.29) is 0 Å². The van der Waals surface area contributed by atoms with Crippen molar-refractivity contribution in [1.29, 1.82) is 0 Å². The van der Waals surface area contributed by atoms with E-state index < -0.39 is 0 Å². The van der Waals surface area contributed by atoms with Gasteiger partial charge in [-0.1, -0.05) is 35.0 Å². The Morgan fingerprint density at radius 2 is 1.96 bits per heavy atom. The third kappa shape index (κ3) is 5.34. The highest BCUT2D eigenvalue weighted by Crippen LogP contribution is 2.25. The van der Waals surface area contributed by atoms with Crippen molar-refractivity contribution >= 4 is 35.0 Å². The maximum Gasteiger partial charge on any atom is 0.209 e. The number of nitrogens with zero attached hydrogens (tertiary/aromatic N) is 4. The molecule has 0 atom stereocenters. The molecule has 1 aliphatic heterocycles. The van der Waals surface area contributed by atoms with Gasteiger partial charge in [0.1, 0.15) is 5.82 Å². The molecule has 0 saturated carbocycles. The Kier molecular flexibility index (Phi) is 7.01. The van der Waals surface area contributed by atoms with Crippen LogP contribution in [0.3, 0.4) is 0 Å². The highest BCUT2D eigenvalue weighted by Gasteiger charge is 2.11. The molecule has 0 aliphatic carbocycles. The lowest BCUT2D eigenvalue weighted by Gasteiger charge is -2.26. The smallest absolute Gasteiger partial charge is 0.209 e. The Labute approximate surface area is 162 Å². The van der Waals surface area contributed by atoms with E-state index in [0.29, 0.717) is 10.0 Å². The molecule has 1 aliphatic rings. The highest BCUT2D eigenvalue weighted by atomic mass is 35.5. The number of hydrogen-bond acceptors (Lipinski definition) is 5. The Morgan fingerprint density at radius 1 is 1.16 bits per heavy atom. The zero-order chi connectivity index (χ0) is 17.6. The van der Waals surface area contributed by atoms with E-state index in [4.69, 9.17) is 27.9 Å². The van der Waals surface area contributed by atoms with Crippen LogP contribution in [0.25, 0.3) is 5.69 Å². The quantitative estimate of drug-likeness (QED) is 0.517. The average molecular weight is 401 g/mol. The molecule has 1 aromatic carbocycles. The van der Waals surface area contributed by atoms with Crippen LogP contribution in [0.5, 0.6) is 0 Å². The van der Waals surface area contributed by atoms with Crippen molar-refractivity contribution < 1.29 is 4.74 Å². The number of halogens is 2. The molecule has 8 heteroatoms. The summed E-state index contributed by atoms with van der Waals surface area (Å²) in [5, 5.41) is 6.44. The number of hydrogen-bond donors (Lipinski definition) is 0. The highest BCUT2D eigenvalue weighted by molar-refractivity contribution is 7.99. The van der Waals surface area contributed by atoms with E-state index in [0.717, 1.165) is 61.7 Å². The lowest BCUT2D eigenvalue weighted by molar-refractivity contribution is 0.0374. The number of unbranched alkanes of at least 4 members (excludes halogenated alkanes) is 1. The summed E-state index contributed by atoms with van der Waals surface area (Å²) < 4.78 is 7.17. The average Bonchev–Trinajstić information content (AvgIpc) is 2.99. The summed E-state index contributed by atoms with van der Waals surface area (Å²) in [6.45, 7) is 6.93. The Balaban J connectivity index is 1.48. The maximum absolute atomic E-state index is 6.09. The maximum atomic E-state index is 6.09. The fourth-order valence-corrected chi connectivity index (χ4v) is 3.87. The molecule has 0 N–H and O–H groups in total.